The van der Waals surface area contributed by atoms with E-state index in [0.29, 0.717) is 17.4 Å². The lowest BCUT2D eigenvalue weighted by molar-refractivity contribution is 0.0698. The average Bonchev–Trinajstić information content (AvgIpc) is 3.32. The number of hydrogen-bond acceptors (Lipinski definition) is 4. The highest BCUT2D eigenvalue weighted by Crippen LogP contribution is 2.46. The Bertz CT molecular complexity index is 1020. The molecular formula is C25H26N4O. The molecule has 5 nitrogen and oxygen atoms in total. The summed E-state index contributed by atoms with van der Waals surface area (Å²) < 4.78 is 0. The molecule has 0 unspecified atom stereocenters. The Morgan fingerprint density at radius 1 is 1.00 bits per heavy atom. The van der Waals surface area contributed by atoms with Gasteiger partial charge >= 0.3 is 0 Å². The maximum absolute atomic E-state index is 13.4. The Morgan fingerprint density at radius 2 is 1.87 bits per heavy atom. The van der Waals surface area contributed by atoms with E-state index in [0.717, 1.165) is 31.9 Å². The van der Waals surface area contributed by atoms with Crippen molar-refractivity contribution < 1.29 is 4.79 Å². The number of benzene rings is 1. The van der Waals surface area contributed by atoms with Crippen LogP contribution in [-0.4, -0.2) is 45.3 Å². The van der Waals surface area contributed by atoms with Gasteiger partial charge in [-0.15, -0.1) is 0 Å². The van der Waals surface area contributed by atoms with Crippen molar-refractivity contribution in [2.45, 2.75) is 19.5 Å². The van der Waals surface area contributed by atoms with Crippen LogP contribution >= 0.6 is 0 Å². The number of aryl methyl sites for hydroxylation is 1. The molecule has 5 rings (SSSR count). The molecule has 5 heteroatoms. The largest absolute Gasteiger partial charge is 0.331 e. The van der Waals surface area contributed by atoms with Gasteiger partial charge in [-0.05, 0) is 48.2 Å². The maximum Gasteiger partial charge on any atom is 0.255 e. The number of nitrogens with zero attached hydrogens (tertiary/aromatic N) is 4. The molecule has 1 amide bonds. The van der Waals surface area contributed by atoms with Crippen molar-refractivity contribution in [2.75, 3.05) is 19.6 Å². The molecular weight excluding hydrogens is 372 g/mol. The minimum atomic E-state index is 0.0852. The average molecular weight is 399 g/mol. The molecule has 1 aromatic carbocycles. The van der Waals surface area contributed by atoms with Crippen molar-refractivity contribution in [2.24, 2.45) is 11.8 Å². The lowest BCUT2D eigenvalue weighted by atomic mass is 9.87. The minimum Gasteiger partial charge on any atom is -0.331 e. The Kier molecular flexibility index (Phi) is 5.05. The normalized spacial score (nSPS) is 23.5. The predicted molar refractivity (Wildman–Crippen MR) is 116 cm³/mol. The molecule has 0 spiro atoms. The smallest absolute Gasteiger partial charge is 0.255 e. The molecule has 30 heavy (non-hydrogen) atoms. The number of carbonyl (C=O) groups is 1. The van der Waals surface area contributed by atoms with Gasteiger partial charge in [-0.3, -0.25) is 19.7 Å². The molecule has 3 aromatic rings. The van der Waals surface area contributed by atoms with E-state index in [1.54, 1.807) is 12.4 Å². The van der Waals surface area contributed by atoms with Crippen LogP contribution in [0.1, 0.15) is 33.2 Å². The summed E-state index contributed by atoms with van der Waals surface area (Å²) in [6.07, 6.45) is 5.25. The van der Waals surface area contributed by atoms with Gasteiger partial charge in [-0.2, -0.15) is 0 Å². The second-order valence-corrected chi connectivity index (χ2v) is 8.44. The molecule has 0 bridgehead atoms. The monoisotopic (exact) mass is 398 g/mol. The summed E-state index contributed by atoms with van der Waals surface area (Å²) >= 11 is 0. The summed E-state index contributed by atoms with van der Waals surface area (Å²) in [7, 11) is 0. The number of likely N-dealkylation sites (tertiary alicyclic amines) is 2. The predicted octanol–water partition coefficient (Wildman–Crippen LogP) is 3.73. The van der Waals surface area contributed by atoms with Gasteiger partial charge in [0.15, 0.2) is 0 Å². The molecule has 152 valence electrons. The molecule has 2 saturated heterocycles. The van der Waals surface area contributed by atoms with E-state index in [2.05, 4.69) is 57.0 Å². The van der Waals surface area contributed by atoms with Crippen LogP contribution in [0.15, 0.2) is 73.2 Å². The van der Waals surface area contributed by atoms with Crippen molar-refractivity contribution in [3.63, 3.8) is 0 Å². The highest BCUT2D eigenvalue weighted by molar-refractivity contribution is 5.94. The second kappa shape index (κ2) is 8.00. The van der Waals surface area contributed by atoms with Gasteiger partial charge in [0.05, 0.1) is 17.3 Å². The molecule has 0 radical (unpaired) electrons. The fourth-order valence-electron chi connectivity index (χ4n) is 5.17. The zero-order valence-corrected chi connectivity index (χ0v) is 17.2. The maximum atomic E-state index is 13.4. The van der Waals surface area contributed by atoms with E-state index in [-0.39, 0.29) is 11.9 Å². The van der Waals surface area contributed by atoms with E-state index < -0.39 is 0 Å². The van der Waals surface area contributed by atoms with Crippen LogP contribution in [0.4, 0.5) is 0 Å². The first-order valence-corrected chi connectivity index (χ1v) is 10.6. The van der Waals surface area contributed by atoms with E-state index >= 15 is 0 Å². The molecule has 0 saturated carbocycles. The third-order valence-electron chi connectivity index (χ3n) is 6.53. The van der Waals surface area contributed by atoms with E-state index in [4.69, 9.17) is 0 Å². The van der Waals surface area contributed by atoms with Gasteiger partial charge in [-0.25, -0.2) is 0 Å². The summed E-state index contributed by atoms with van der Waals surface area (Å²) in [5.41, 5.74) is 4.28. The van der Waals surface area contributed by atoms with E-state index in [9.17, 15) is 4.79 Å². The number of aromatic nitrogens is 2. The van der Waals surface area contributed by atoms with Gasteiger partial charge < -0.3 is 4.90 Å². The van der Waals surface area contributed by atoms with Crippen molar-refractivity contribution in [3.05, 3.63) is 95.6 Å². The number of carbonyl (C=O) groups excluding carboxylic acids is 1. The fourth-order valence-corrected chi connectivity index (χ4v) is 5.17. The van der Waals surface area contributed by atoms with Gasteiger partial charge in [-0.1, -0.05) is 30.3 Å². The Balaban J connectivity index is 1.44. The molecule has 0 N–H and O–H groups in total. The molecule has 3 atom stereocenters. The van der Waals surface area contributed by atoms with Crippen LogP contribution in [0, 0.1) is 18.8 Å². The molecule has 4 heterocycles. The lowest BCUT2D eigenvalue weighted by Crippen LogP contribution is -2.36. The fraction of sp³-hybridized carbons (Fsp3) is 0.320. The first-order valence-electron chi connectivity index (χ1n) is 10.6. The van der Waals surface area contributed by atoms with Gasteiger partial charge in [0.25, 0.3) is 5.91 Å². The van der Waals surface area contributed by atoms with Crippen LogP contribution < -0.4 is 0 Å². The van der Waals surface area contributed by atoms with Crippen LogP contribution in [0.5, 0.6) is 0 Å². The summed E-state index contributed by atoms with van der Waals surface area (Å²) in [4.78, 5) is 26.7. The number of pyridine rings is 2. The minimum absolute atomic E-state index is 0.0852. The quantitative estimate of drug-likeness (QED) is 0.672. The Labute approximate surface area is 177 Å². The van der Waals surface area contributed by atoms with Crippen LogP contribution in [0.2, 0.25) is 0 Å². The zero-order chi connectivity index (χ0) is 20.5. The highest BCUT2D eigenvalue weighted by Gasteiger charge is 2.49. The van der Waals surface area contributed by atoms with Gasteiger partial charge in [0.1, 0.15) is 0 Å². The number of fused-ring (bicyclic) bond motifs is 1. The van der Waals surface area contributed by atoms with Crippen molar-refractivity contribution in [1.82, 2.24) is 19.8 Å². The molecule has 2 aliphatic heterocycles. The number of hydrogen-bond donors (Lipinski definition) is 0. The first kappa shape index (κ1) is 18.9. The summed E-state index contributed by atoms with van der Waals surface area (Å²) in [6.45, 7) is 5.79. The summed E-state index contributed by atoms with van der Waals surface area (Å²) in [5.74, 6) is 0.983. The number of rotatable bonds is 4. The van der Waals surface area contributed by atoms with E-state index in [1.165, 1.54) is 11.1 Å². The van der Waals surface area contributed by atoms with Crippen molar-refractivity contribution in [1.29, 1.82) is 0 Å². The second-order valence-electron chi connectivity index (χ2n) is 8.44. The van der Waals surface area contributed by atoms with Crippen LogP contribution in [-0.2, 0) is 6.54 Å². The Morgan fingerprint density at radius 3 is 2.63 bits per heavy atom. The third kappa shape index (κ3) is 3.50. The van der Waals surface area contributed by atoms with Gasteiger partial charge in [0.2, 0.25) is 0 Å². The SMILES string of the molecule is Cc1ccccc1[C@@H]1[C@H]2CN(Cc3ccccn3)C[C@H]2CN1C(=O)c1cccnc1. The molecule has 2 aliphatic rings. The van der Waals surface area contributed by atoms with Crippen molar-refractivity contribution >= 4 is 5.91 Å². The van der Waals surface area contributed by atoms with Crippen LogP contribution in [0.25, 0.3) is 0 Å². The third-order valence-corrected chi connectivity index (χ3v) is 6.53. The first-order chi connectivity index (χ1) is 14.7. The summed E-state index contributed by atoms with van der Waals surface area (Å²) in [5, 5.41) is 0. The zero-order valence-electron chi connectivity index (χ0n) is 17.2. The van der Waals surface area contributed by atoms with Crippen LogP contribution in [0.3, 0.4) is 0 Å². The van der Waals surface area contributed by atoms with E-state index in [1.807, 2.05) is 30.5 Å². The van der Waals surface area contributed by atoms with Crippen molar-refractivity contribution in [3.8, 4) is 0 Å². The molecule has 0 aliphatic carbocycles. The standard InChI is InChI=1S/C25H26N4O/c1-18-7-2-3-10-22(18)24-23-17-28(16-21-9-4-5-12-27-21)14-20(23)15-29(24)25(30)19-8-6-11-26-13-19/h2-13,20,23-24H,14-17H2,1H3/t20-,23-,24+/m0/s1. The van der Waals surface area contributed by atoms with Gasteiger partial charge in [0, 0.05) is 50.7 Å². The molecule has 2 aromatic heterocycles. The lowest BCUT2D eigenvalue weighted by Gasteiger charge is -2.31. The Hall–Kier alpha value is -3.05. The number of amides is 1. The summed E-state index contributed by atoms with van der Waals surface area (Å²) in [6, 6.07) is 18.4. The molecule has 2 fully saturated rings. The topological polar surface area (TPSA) is 49.3 Å². The highest BCUT2D eigenvalue weighted by atomic mass is 16.2.